The quantitative estimate of drug-likeness (QED) is 0.781. The van der Waals surface area contributed by atoms with Gasteiger partial charge in [0.2, 0.25) is 5.91 Å². The fourth-order valence-electron chi connectivity index (χ4n) is 3.59. The highest BCUT2D eigenvalue weighted by Crippen LogP contribution is 2.27. The summed E-state index contributed by atoms with van der Waals surface area (Å²) in [5, 5.41) is 3.22. The molecule has 1 aliphatic heterocycles. The third-order valence-corrected chi connectivity index (χ3v) is 4.90. The van der Waals surface area contributed by atoms with Crippen molar-refractivity contribution in [3.05, 3.63) is 0 Å². The van der Waals surface area contributed by atoms with Gasteiger partial charge < -0.3 is 16.0 Å². The van der Waals surface area contributed by atoms with Crippen LogP contribution < -0.4 is 11.1 Å². The van der Waals surface area contributed by atoms with Crippen LogP contribution in [0.2, 0.25) is 0 Å². The van der Waals surface area contributed by atoms with Gasteiger partial charge in [-0.3, -0.25) is 4.79 Å². The monoisotopic (exact) mass is 281 g/mol. The zero-order valence-corrected chi connectivity index (χ0v) is 12.8. The number of carbonyl (C=O) groups excluding carboxylic acids is 1. The first-order valence-electron chi connectivity index (χ1n) is 8.49. The van der Waals surface area contributed by atoms with E-state index in [1.54, 1.807) is 0 Å². The summed E-state index contributed by atoms with van der Waals surface area (Å²) in [4.78, 5) is 14.4. The average molecular weight is 281 g/mol. The number of carbonyl (C=O) groups is 1. The van der Waals surface area contributed by atoms with Crippen LogP contribution in [0.25, 0.3) is 0 Å². The number of nitrogens with two attached hydrogens (primary N) is 1. The van der Waals surface area contributed by atoms with Crippen LogP contribution in [0.5, 0.6) is 0 Å². The van der Waals surface area contributed by atoms with E-state index >= 15 is 0 Å². The van der Waals surface area contributed by atoms with Crippen LogP contribution in [0.15, 0.2) is 0 Å². The van der Waals surface area contributed by atoms with E-state index < -0.39 is 0 Å². The van der Waals surface area contributed by atoms with E-state index in [0.29, 0.717) is 6.04 Å². The van der Waals surface area contributed by atoms with Crippen LogP contribution >= 0.6 is 0 Å². The molecule has 116 valence electrons. The number of amides is 1. The van der Waals surface area contributed by atoms with E-state index in [2.05, 4.69) is 10.2 Å². The SMILES string of the molecule is NCCN1CCC(NC(=O)CCC2CCCCC2)CC1. The van der Waals surface area contributed by atoms with Gasteiger partial charge in [0, 0.05) is 38.6 Å². The summed E-state index contributed by atoms with van der Waals surface area (Å²) in [6.07, 6.45) is 10.8. The lowest BCUT2D eigenvalue weighted by Crippen LogP contribution is -2.45. The van der Waals surface area contributed by atoms with Gasteiger partial charge in [0.15, 0.2) is 0 Å². The molecule has 3 N–H and O–H groups in total. The molecule has 2 aliphatic rings. The zero-order valence-electron chi connectivity index (χ0n) is 12.8. The van der Waals surface area contributed by atoms with Crippen molar-refractivity contribution in [3.63, 3.8) is 0 Å². The Kier molecular flexibility index (Phi) is 6.80. The largest absolute Gasteiger partial charge is 0.353 e. The summed E-state index contributed by atoms with van der Waals surface area (Å²) in [6, 6.07) is 0.392. The molecule has 4 heteroatoms. The minimum atomic E-state index is 0.271. The van der Waals surface area contributed by atoms with E-state index in [1.165, 1.54) is 32.1 Å². The lowest BCUT2D eigenvalue weighted by molar-refractivity contribution is -0.122. The number of nitrogens with one attached hydrogen (secondary N) is 1. The molecule has 0 radical (unpaired) electrons. The molecule has 4 nitrogen and oxygen atoms in total. The first-order valence-corrected chi connectivity index (χ1v) is 8.49. The maximum absolute atomic E-state index is 12.0. The van der Waals surface area contributed by atoms with Crippen molar-refractivity contribution < 1.29 is 4.79 Å². The Morgan fingerprint density at radius 3 is 2.45 bits per heavy atom. The second kappa shape index (κ2) is 8.63. The summed E-state index contributed by atoms with van der Waals surface area (Å²) in [6.45, 7) is 3.87. The number of piperidine rings is 1. The lowest BCUT2D eigenvalue weighted by atomic mass is 9.86. The number of nitrogens with zero attached hydrogens (tertiary/aromatic N) is 1. The summed E-state index contributed by atoms with van der Waals surface area (Å²) in [5.74, 6) is 1.08. The van der Waals surface area contributed by atoms with Gasteiger partial charge in [-0.15, -0.1) is 0 Å². The average Bonchev–Trinajstić information content (AvgIpc) is 2.49. The molecule has 0 unspecified atom stereocenters. The third-order valence-electron chi connectivity index (χ3n) is 4.90. The molecule has 0 spiro atoms. The first kappa shape index (κ1) is 15.8. The molecule has 1 amide bonds. The van der Waals surface area contributed by atoms with Gasteiger partial charge in [-0.05, 0) is 25.2 Å². The molecule has 2 rings (SSSR count). The van der Waals surface area contributed by atoms with Crippen LogP contribution in [-0.4, -0.2) is 43.0 Å². The molecular weight excluding hydrogens is 250 g/mol. The Hall–Kier alpha value is -0.610. The Balaban J connectivity index is 1.57. The molecule has 1 saturated carbocycles. The van der Waals surface area contributed by atoms with Crippen LogP contribution in [0.3, 0.4) is 0 Å². The maximum atomic E-state index is 12.0. The number of likely N-dealkylation sites (tertiary alicyclic amines) is 1. The van der Waals surface area contributed by atoms with Gasteiger partial charge in [0.25, 0.3) is 0 Å². The highest BCUT2D eigenvalue weighted by Gasteiger charge is 2.21. The Morgan fingerprint density at radius 2 is 1.80 bits per heavy atom. The molecule has 0 atom stereocenters. The second-order valence-electron chi connectivity index (χ2n) is 6.51. The van der Waals surface area contributed by atoms with Crippen LogP contribution in [0, 0.1) is 5.92 Å². The van der Waals surface area contributed by atoms with Crippen molar-refractivity contribution in [1.29, 1.82) is 0 Å². The second-order valence-corrected chi connectivity index (χ2v) is 6.51. The molecule has 0 aromatic rings. The third kappa shape index (κ3) is 5.41. The van der Waals surface area contributed by atoms with E-state index in [-0.39, 0.29) is 5.91 Å². The van der Waals surface area contributed by atoms with Crippen molar-refractivity contribution in [2.24, 2.45) is 11.7 Å². The van der Waals surface area contributed by atoms with Gasteiger partial charge in [-0.25, -0.2) is 0 Å². The standard InChI is InChI=1S/C16H31N3O/c17-10-13-19-11-8-15(9-12-19)18-16(20)7-6-14-4-2-1-3-5-14/h14-15H,1-13,17H2,(H,18,20). The highest BCUT2D eigenvalue weighted by molar-refractivity contribution is 5.76. The molecule has 1 saturated heterocycles. The summed E-state index contributed by atoms with van der Waals surface area (Å²) < 4.78 is 0. The molecule has 1 aliphatic carbocycles. The predicted octanol–water partition coefficient (Wildman–Crippen LogP) is 1.89. The zero-order chi connectivity index (χ0) is 14.2. The van der Waals surface area contributed by atoms with Crippen LogP contribution in [0.1, 0.15) is 57.8 Å². The van der Waals surface area contributed by atoms with Crippen molar-refractivity contribution in [1.82, 2.24) is 10.2 Å². The maximum Gasteiger partial charge on any atom is 0.220 e. The van der Waals surface area contributed by atoms with Gasteiger partial charge >= 0.3 is 0 Å². The molecule has 20 heavy (non-hydrogen) atoms. The summed E-state index contributed by atoms with van der Waals surface area (Å²) in [5.41, 5.74) is 5.57. The Morgan fingerprint density at radius 1 is 1.10 bits per heavy atom. The number of hydrogen-bond acceptors (Lipinski definition) is 3. The van der Waals surface area contributed by atoms with E-state index in [0.717, 1.165) is 57.8 Å². The highest BCUT2D eigenvalue weighted by atomic mass is 16.1. The van der Waals surface area contributed by atoms with Gasteiger partial charge in [-0.2, -0.15) is 0 Å². The smallest absolute Gasteiger partial charge is 0.220 e. The Labute approximate surface area is 123 Å². The molecular formula is C16H31N3O. The Bertz CT molecular complexity index is 281. The topological polar surface area (TPSA) is 58.4 Å². The number of rotatable bonds is 6. The molecule has 2 fully saturated rings. The van der Waals surface area contributed by atoms with E-state index in [1.807, 2.05) is 0 Å². The summed E-state index contributed by atoms with van der Waals surface area (Å²) in [7, 11) is 0. The minimum absolute atomic E-state index is 0.271. The van der Waals surface area contributed by atoms with Gasteiger partial charge in [0.1, 0.15) is 0 Å². The van der Waals surface area contributed by atoms with Gasteiger partial charge in [0.05, 0.1) is 0 Å². The number of hydrogen-bond donors (Lipinski definition) is 2. The molecule has 1 heterocycles. The lowest BCUT2D eigenvalue weighted by Gasteiger charge is -2.32. The van der Waals surface area contributed by atoms with Crippen LogP contribution in [0.4, 0.5) is 0 Å². The van der Waals surface area contributed by atoms with Crippen molar-refractivity contribution in [2.45, 2.75) is 63.8 Å². The van der Waals surface area contributed by atoms with Crippen molar-refractivity contribution in [3.8, 4) is 0 Å². The fraction of sp³-hybridized carbons (Fsp3) is 0.938. The first-order chi connectivity index (χ1) is 9.78. The predicted molar refractivity (Wildman–Crippen MR) is 82.5 cm³/mol. The van der Waals surface area contributed by atoms with Crippen LogP contribution in [-0.2, 0) is 4.79 Å². The molecule has 0 aromatic heterocycles. The van der Waals surface area contributed by atoms with Crippen molar-refractivity contribution in [2.75, 3.05) is 26.2 Å². The summed E-state index contributed by atoms with van der Waals surface area (Å²) >= 11 is 0. The van der Waals surface area contributed by atoms with Gasteiger partial charge in [-0.1, -0.05) is 32.1 Å². The fourth-order valence-corrected chi connectivity index (χ4v) is 3.59. The molecule has 0 bridgehead atoms. The minimum Gasteiger partial charge on any atom is -0.353 e. The van der Waals surface area contributed by atoms with E-state index in [4.69, 9.17) is 5.73 Å². The molecule has 0 aromatic carbocycles. The van der Waals surface area contributed by atoms with E-state index in [9.17, 15) is 4.79 Å². The van der Waals surface area contributed by atoms with Crippen molar-refractivity contribution >= 4 is 5.91 Å². The normalized spacial score (nSPS) is 22.9.